The summed E-state index contributed by atoms with van der Waals surface area (Å²) in [6.07, 6.45) is -0.0519. The maximum Gasteiger partial charge on any atom is 0.232 e. The van der Waals surface area contributed by atoms with Gasteiger partial charge in [-0.1, -0.05) is 60.7 Å². The third kappa shape index (κ3) is 6.16. The molecule has 1 heterocycles. The predicted molar refractivity (Wildman–Crippen MR) is 115 cm³/mol. The highest BCUT2D eigenvalue weighted by Crippen LogP contribution is 2.13. The number of nitrogens with zero attached hydrogens (tertiary/aromatic N) is 3. The van der Waals surface area contributed by atoms with Crippen molar-refractivity contribution in [2.24, 2.45) is 0 Å². The number of hydrogen-bond donors (Lipinski definition) is 0. The van der Waals surface area contributed by atoms with Gasteiger partial charge in [-0.15, -0.1) is 0 Å². The van der Waals surface area contributed by atoms with Crippen molar-refractivity contribution in [1.29, 1.82) is 0 Å². The van der Waals surface area contributed by atoms with Crippen molar-refractivity contribution < 1.29 is 9.59 Å². The van der Waals surface area contributed by atoms with Crippen molar-refractivity contribution in [3.8, 4) is 0 Å². The van der Waals surface area contributed by atoms with Crippen LogP contribution in [0.3, 0.4) is 0 Å². The van der Waals surface area contributed by atoms with Crippen LogP contribution in [0.1, 0.15) is 31.4 Å². The highest BCUT2D eigenvalue weighted by atomic mass is 16.2. The summed E-state index contributed by atoms with van der Waals surface area (Å²) in [5.41, 5.74) is 2.37. The van der Waals surface area contributed by atoms with Gasteiger partial charge >= 0.3 is 0 Å². The van der Waals surface area contributed by atoms with Gasteiger partial charge in [-0.25, -0.2) is 0 Å². The summed E-state index contributed by atoms with van der Waals surface area (Å²) in [6.45, 7) is 8.47. The van der Waals surface area contributed by atoms with Crippen LogP contribution in [0.25, 0.3) is 0 Å². The molecule has 0 N–H and O–H groups in total. The highest BCUT2D eigenvalue weighted by molar-refractivity contribution is 5.97. The first-order valence-corrected chi connectivity index (χ1v) is 10.4. The molecule has 0 unspecified atom stereocenters. The quantitative estimate of drug-likeness (QED) is 0.679. The lowest BCUT2D eigenvalue weighted by molar-refractivity contribution is -0.142. The third-order valence-corrected chi connectivity index (χ3v) is 5.42. The molecule has 2 aromatic rings. The summed E-state index contributed by atoms with van der Waals surface area (Å²) >= 11 is 0. The summed E-state index contributed by atoms with van der Waals surface area (Å²) in [7, 11) is 0. The van der Waals surface area contributed by atoms with Crippen molar-refractivity contribution in [3.63, 3.8) is 0 Å². The average molecular weight is 394 g/mol. The molecule has 2 aromatic carbocycles. The molecule has 1 aliphatic rings. The van der Waals surface area contributed by atoms with Crippen LogP contribution in [0.2, 0.25) is 0 Å². The minimum atomic E-state index is -0.0967. The Hall–Kier alpha value is -2.66. The molecule has 0 aliphatic carbocycles. The molecule has 0 atom stereocenters. The summed E-state index contributed by atoms with van der Waals surface area (Å²) < 4.78 is 0. The maximum atomic E-state index is 12.8. The third-order valence-electron chi connectivity index (χ3n) is 5.42. The average Bonchev–Trinajstić information content (AvgIpc) is 2.73. The molecule has 1 saturated heterocycles. The molecule has 0 spiro atoms. The number of piperazine rings is 1. The first-order valence-electron chi connectivity index (χ1n) is 10.4. The molecule has 2 amide bonds. The maximum absolute atomic E-state index is 12.8. The summed E-state index contributed by atoms with van der Waals surface area (Å²) in [6, 6.07) is 20.4. The topological polar surface area (TPSA) is 43.9 Å². The molecule has 0 saturated carbocycles. The van der Waals surface area contributed by atoms with E-state index in [9.17, 15) is 9.59 Å². The molecule has 1 aliphatic heterocycles. The summed E-state index contributed by atoms with van der Waals surface area (Å²) in [4.78, 5) is 31.5. The van der Waals surface area contributed by atoms with Gasteiger partial charge in [0.1, 0.15) is 6.42 Å². The van der Waals surface area contributed by atoms with Gasteiger partial charge < -0.3 is 9.80 Å². The van der Waals surface area contributed by atoms with E-state index >= 15 is 0 Å². The molecule has 0 aromatic heterocycles. The van der Waals surface area contributed by atoms with Gasteiger partial charge in [0.25, 0.3) is 0 Å². The van der Waals surface area contributed by atoms with Crippen molar-refractivity contribution >= 4 is 11.8 Å². The molecule has 1 fully saturated rings. The number of hydrogen-bond acceptors (Lipinski definition) is 3. The number of carbonyl (C=O) groups excluding carboxylic acids is 2. The Kier molecular flexibility index (Phi) is 7.42. The molecule has 0 radical (unpaired) electrons. The van der Waals surface area contributed by atoms with Crippen molar-refractivity contribution in [3.05, 3.63) is 71.8 Å². The van der Waals surface area contributed by atoms with Gasteiger partial charge in [-0.3, -0.25) is 14.5 Å². The molecule has 29 heavy (non-hydrogen) atoms. The number of rotatable bonds is 7. The van der Waals surface area contributed by atoms with Gasteiger partial charge in [0.15, 0.2) is 0 Å². The lowest BCUT2D eigenvalue weighted by Crippen LogP contribution is -2.49. The first-order chi connectivity index (χ1) is 14.0. The van der Waals surface area contributed by atoms with E-state index in [-0.39, 0.29) is 24.3 Å². The smallest absolute Gasteiger partial charge is 0.232 e. The molecule has 3 rings (SSSR count). The monoisotopic (exact) mass is 393 g/mol. The van der Waals surface area contributed by atoms with Crippen molar-refractivity contribution in [2.75, 3.05) is 26.2 Å². The van der Waals surface area contributed by atoms with E-state index in [1.54, 1.807) is 4.90 Å². The van der Waals surface area contributed by atoms with Gasteiger partial charge in [-0.05, 0) is 25.0 Å². The minimum Gasteiger partial charge on any atom is -0.340 e. The standard InChI is InChI=1S/C24H31N3O2/c1-20(2)27(19-22-11-7-4-8-12-22)24(29)17-23(28)26-15-13-25(14-16-26)18-21-9-5-3-6-10-21/h3-12,20H,13-19H2,1-2H3. The zero-order valence-electron chi connectivity index (χ0n) is 17.5. The Morgan fingerprint density at radius 1 is 0.862 bits per heavy atom. The van der Waals surface area contributed by atoms with E-state index in [1.807, 2.05) is 55.1 Å². The normalized spacial score (nSPS) is 14.8. The van der Waals surface area contributed by atoms with Crippen LogP contribution in [-0.4, -0.2) is 58.7 Å². The lowest BCUT2D eigenvalue weighted by atomic mass is 10.1. The minimum absolute atomic E-state index is 0.0519. The van der Waals surface area contributed by atoms with E-state index in [2.05, 4.69) is 29.2 Å². The van der Waals surface area contributed by atoms with E-state index in [1.165, 1.54) is 5.56 Å². The molecular weight excluding hydrogens is 362 g/mol. The SMILES string of the molecule is CC(C)N(Cc1ccccc1)C(=O)CC(=O)N1CCN(Cc2ccccc2)CC1. The zero-order chi connectivity index (χ0) is 20.6. The molecule has 0 bridgehead atoms. The highest BCUT2D eigenvalue weighted by Gasteiger charge is 2.26. The summed E-state index contributed by atoms with van der Waals surface area (Å²) in [5.74, 6) is -0.159. The Bertz CT molecular complexity index is 784. The van der Waals surface area contributed by atoms with Crippen molar-refractivity contribution in [1.82, 2.24) is 14.7 Å². The van der Waals surface area contributed by atoms with Crippen LogP contribution in [0.15, 0.2) is 60.7 Å². The van der Waals surface area contributed by atoms with Crippen molar-refractivity contribution in [2.45, 2.75) is 39.4 Å². The van der Waals surface area contributed by atoms with E-state index in [4.69, 9.17) is 0 Å². The fourth-order valence-corrected chi connectivity index (χ4v) is 3.68. The predicted octanol–water partition coefficient (Wildman–Crippen LogP) is 3.16. The van der Waals surface area contributed by atoms with Crippen LogP contribution in [0.4, 0.5) is 0 Å². The van der Waals surface area contributed by atoms with E-state index < -0.39 is 0 Å². The van der Waals surface area contributed by atoms with E-state index in [0.717, 1.165) is 25.2 Å². The molecule has 5 nitrogen and oxygen atoms in total. The van der Waals surface area contributed by atoms with Crippen LogP contribution >= 0.6 is 0 Å². The largest absolute Gasteiger partial charge is 0.340 e. The van der Waals surface area contributed by atoms with Gasteiger partial charge in [0, 0.05) is 45.3 Å². The number of amides is 2. The van der Waals surface area contributed by atoms with Crippen LogP contribution in [0.5, 0.6) is 0 Å². The van der Waals surface area contributed by atoms with E-state index in [0.29, 0.717) is 19.6 Å². The molecular formula is C24H31N3O2. The number of benzene rings is 2. The van der Waals surface area contributed by atoms with Gasteiger partial charge in [0.2, 0.25) is 11.8 Å². The number of carbonyl (C=O) groups is 2. The zero-order valence-corrected chi connectivity index (χ0v) is 17.5. The van der Waals surface area contributed by atoms with Gasteiger partial charge in [-0.2, -0.15) is 0 Å². The summed E-state index contributed by atoms with van der Waals surface area (Å²) in [5, 5.41) is 0. The fourth-order valence-electron chi connectivity index (χ4n) is 3.68. The molecule has 5 heteroatoms. The van der Waals surface area contributed by atoms with Gasteiger partial charge in [0.05, 0.1) is 0 Å². The lowest BCUT2D eigenvalue weighted by Gasteiger charge is -2.35. The van der Waals surface area contributed by atoms with Crippen LogP contribution in [0, 0.1) is 0 Å². The molecule has 154 valence electrons. The second-order valence-corrected chi connectivity index (χ2v) is 7.92. The Morgan fingerprint density at radius 3 is 1.97 bits per heavy atom. The Morgan fingerprint density at radius 2 is 1.41 bits per heavy atom. The first kappa shape index (κ1) is 21.1. The Balaban J connectivity index is 1.49. The second-order valence-electron chi connectivity index (χ2n) is 7.92. The van der Waals surface area contributed by atoms with Crippen LogP contribution in [-0.2, 0) is 22.7 Å². The Labute approximate surface area is 173 Å². The fraction of sp³-hybridized carbons (Fsp3) is 0.417. The van der Waals surface area contributed by atoms with Crippen LogP contribution < -0.4 is 0 Å². The second kappa shape index (κ2) is 10.2.